The fraction of sp³-hybridized carbons (Fsp3) is 0.167. The Morgan fingerprint density at radius 3 is 2.21 bits per heavy atom. The van der Waals surface area contributed by atoms with Gasteiger partial charge in [0.15, 0.2) is 0 Å². The SMILES string of the molecule is COc1ccc(S(=O)(=O)N(CC(=O)NC(c2ccccc2)c2ccccc2C)c2ccc(C)cc2)cc1Br. The zero-order valence-electron chi connectivity index (χ0n) is 21.4. The number of nitrogens with one attached hydrogen (secondary N) is 1. The molecule has 0 spiro atoms. The van der Waals surface area contributed by atoms with Crippen LogP contribution in [0.15, 0.2) is 106 Å². The smallest absolute Gasteiger partial charge is 0.264 e. The van der Waals surface area contributed by atoms with E-state index in [1.165, 1.54) is 19.2 Å². The molecule has 38 heavy (non-hydrogen) atoms. The molecule has 0 aromatic heterocycles. The highest BCUT2D eigenvalue weighted by molar-refractivity contribution is 9.10. The number of hydrogen-bond donors (Lipinski definition) is 1. The molecule has 196 valence electrons. The van der Waals surface area contributed by atoms with E-state index in [1.807, 2.05) is 80.6 Å². The van der Waals surface area contributed by atoms with Gasteiger partial charge in [-0.1, -0.05) is 72.3 Å². The molecule has 0 saturated carbocycles. The molecule has 0 radical (unpaired) electrons. The van der Waals surface area contributed by atoms with Crippen molar-refractivity contribution < 1.29 is 17.9 Å². The first-order valence-electron chi connectivity index (χ1n) is 12.0. The Morgan fingerprint density at radius 2 is 1.58 bits per heavy atom. The number of carbonyl (C=O) groups excluding carboxylic acids is 1. The molecule has 1 atom stereocenters. The van der Waals surface area contributed by atoms with Gasteiger partial charge in [0.05, 0.1) is 28.2 Å². The van der Waals surface area contributed by atoms with Gasteiger partial charge >= 0.3 is 0 Å². The van der Waals surface area contributed by atoms with Crippen LogP contribution in [-0.4, -0.2) is 28.0 Å². The van der Waals surface area contributed by atoms with Crippen LogP contribution in [0.4, 0.5) is 5.69 Å². The van der Waals surface area contributed by atoms with Crippen molar-refractivity contribution in [3.8, 4) is 5.75 Å². The maximum Gasteiger partial charge on any atom is 0.264 e. The van der Waals surface area contributed by atoms with Gasteiger partial charge in [0.2, 0.25) is 5.91 Å². The fourth-order valence-electron chi connectivity index (χ4n) is 4.19. The summed E-state index contributed by atoms with van der Waals surface area (Å²) in [7, 11) is -2.59. The number of halogens is 1. The minimum atomic E-state index is -4.10. The fourth-order valence-corrected chi connectivity index (χ4v) is 6.33. The number of benzene rings is 4. The van der Waals surface area contributed by atoms with Gasteiger partial charge in [-0.3, -0.25) is 9.10 Å². The van der Waals surface area contributed by atoms with Crippen molar-refractivity contribution in [1.82, 2.24) is 5.32 Å². The monoisotopic (exact) mass is 592 g/mol. The van der Waals surface area contributed by atoms with E-state index >= 15 is 0 Å². The molecule has 6 nitrogen and oxygen atoms in total. The molecule has 8 heteroatoms. The van der Waals surface area contributed by atoms with Gasteiger partial charge in [-0.05, 0) is 76.8 Å². The average Bonchev–Trinajstić information content (AvgIpc) is 2.92. The average molecular weight is 594 g/mol. The topological polar surface area (TPSA) is 75.7 Å². The van der Waals surface area contributed by atoms with E-state index in [9.17, 15) is 13.2 Å². The van der Waals surface area contributed by atoms with Crippen LogP contribution in [0, 0.1) is 13.8 Å². The Balaban J connectivity index is 1.71. The predicted molar refractivity (Wildman–Crippen MR) is 154 cm³/mol. The lowest BCUT2D eigenvalue weighted by molar-refractivity contribution is -0.120. The molecule has 0 aliphatic heterocycles. The van der Waals surface area contributed by atoms with Crippen LogP contribution in [-0.2, 0) is 14.8 Å². The second kappa shape index (κ2) is 11.8. The van der Waals surface area contributed by atoms with Crippen molar-refractivity contribution in [3.05, 3.63) is 124 Å². The number of ether oxygens (including phenoxy) is 1. The van der Waals surface area contributed by atoms with Crippen molar-refractivity contribution >= 4 is 37.5 Å². The zero-order chi connectivity index (χ0) is 27.3. The second-order valence-corrected chi connectivity index (χ2v) is 11.6. The number of carbonyl (C=O) groups is 1. The number of hydrogen-bond acceptors (Lipinski definition) is 4. The number of methoxy groups -OCH3 is 1. The van der Waals surface area contributed by atoms with Gasteiger partial charge in [0.1, 0.15) is 12.3 Å². The van der Waals surface area contributed by atoms with Crippen LogP contribution in [0.5, 0.6) is 5.75 Å². The maximum atomic E-state index is 13.9. The molecule has 1 unspecified atom stereocenters. The van der Waals surface area contributed by atoms with Crippen LogP contribution in [0.2, 0.25) is 0 Å². The van der Waals surface area contributed by atoms with E-state index in [4.69, 9.17) is 4.74 Å². The molecule has 1 amide bonds. The Hall–Kier alpha value is -3.62. The van der Waals surface area contributed by atoms with Gasteiger partial charge in [-0.25, -0.2) is 8.42 Å². The maximum absolute atomic E-state index is 13.9. The molecule has 0 aliphatic rings. The van der Waals surface area contributed by atoms with Crippen LogP contribution in [0.3, 0.4) is 0 Å². The summed E-state index contributed by atoms with van der Waals surface area (Å²) < 4.78 is 34.6. The van der Waals surface area contributed by atoms with Gasteiger partial charge in [-0.15, -0.1) is 0 Å². The molecule has 0 saturated heterocycles. The summed E-state index contributed by atoms with van der Waals surface area (Å²) in [4.78, 5) is 13.6. The first-order valence-corrected chi connectivity index (χ1v) is 14.3. The van der Waals surface area contributed by atoms with Crippen LogP contribution < -0.4 is 14.4 Å². The number of anilines is 1. The van der Waals surface area contributed by atoms with Crippen molar-refractivity contribution in [1.29, 1.82) is 0 Å². The lowest BCUT2D eigenvalue weighted by Gasteiger charge is -2.27. The third-order valence-corrected chi connectivity index (χ3v) is 8.65. The summed E-state index contributed by atoms with van der Waals surface area (Å²) in [5.74, 6) is 0.0753. The van der Waals surface area contributed by atoms with E-state index < -0.39 is 28.5 Å². The first kappa shape index (κ1) is 27.4. The molecule has 4 rings (SSSR count). The largest absolute Gasteiger partial charge is 0.496 e. The van der Waals surface area contributed by atoms with E-state index in [0.717, 1.165) is 26.6 Å². The minimum absolute atomic E-state index is 0.0389. The zero-order valence-corrected chi connectivity index (χ0v) is 23.8. The lowest BCUT2D eigenvalue weighted by Crippen LogP contribution is -2.42. The van der Waals surface area contributed by atoms with E-state index in [2.05, 4.69) is 21.2 Å². The van der Waals surface area contributed by atoms with Crippen molar-refractivity contribution in [2.75, 3.05) is 18.0 Å². The van der Waals surface area contributed by atoms with E-state index in [0.29, 0.717) is 15.9 Å². The standard InChI is InChI=1S/C30H29BrN2O4S/c1-21-13-15-24(16-14-21)33(38(35,36)25-17-18-28(37-3)27(31)19-25)20-29(34)32-30(23-10-5-4-6-11-23)26-12-8-7-9-22(26)2/h4-19,30H,20H2,1-3H3,(H,32,34). The summed E-state index contributed by atoms with van der Waals surface area (Å²) in [5.41, 5.74) is 4.24. The summed E-state index contributed by atoms with van der Waals surface area (Å²) in [6.45, 7) is 3.51. The summed E-state index contributed by atoms with van der Waals surface area (Å²) in [6.07, 6.45) is 0. The van der Waals surface area contributed by atoms with E-state index in [1.54, 1.807) is 18.2 Å². The Bertz CT molecular complexity index is 1520. The lowest BCUT2D eigenvalue weighted by atomic mass is 9.95. The Labute approximate surface area is 232 Å². The summed E-state index contributed by atoms with van der Waals surface area (Å²) in [6, 6.07) is 28.6. The number of amides is 1. The molecule has 1 N–H and O–H groups in total. The number of aryl methyl sites for hydroxylation is 2. The summed E-state index contributed by atoms with van der Waals surface area (Å²) >= 11 is 3.37. The van der Waals surface area contributed by atoms with Crippen molar-refractivity contribution in [3.63, 3.8) is 0 Å². The molecule has 0 heterocycles. The van der Waals surface area contributed by atoms with Crippen LogP contribution in [0.25, 0.3) is 0 Å². The highest BCUT2D eigenvalue weighted by atomic mass is 79.9. The molecular weight excluding hydrogens is 564 g/mol. The highest BCUT2D eigenvalue weighted by Crippen LogP contribution is 2.31. The van der Waals surface area contributed by atoms with Gasteiger partial charge < -0.3 is 10.1 Å². The quantitative estimate of drug-likeness (QED) is 0.252. The van der Waals surface area contributed by atoms with Gasteiger partial charge in [0, 0.05) is 0 Å². The van der Waals surface area contributed by atoms with Crippen molar-refractivity contribution in [2.45, 2.75) is 24.8 Å². The number of sulfonamides is 1. The molecule has 0 aliphatic carbocycles. The third-order valence-electron chi connectivity index (χ3n) is 6.26. The second-order valence-electron chi connectivity index (χ2n) is 8.91. The first-order chi connectivity index (χ1) is 18.2. The Kier molecular flexibility index (Phi) is 8.54. The highest BCUT2D eigenvalue weighted by Gasteiger charge is 2.29. The third kappa shape index (κ3) is 6.09. The van der Waals surface area contributed by atoms with E-state index in [-0.39, 0.29) is 4.90 Å². The number of nitrogens with zero attached hydrogens (tertiary/aromatic N) is 1. The van der Waals surface area contributed by atoms with Gasteiger partial charge in [-0.2, -0.15) is 0 Å². The van der Waals surface area contributed by atoms with Gasteiger partial charge in [0.25, 0.3) is 10.0 Å². The van der Waals surface area contributed by atoms with Crippen LogP contribution >= 0.6 is 15.9 Å². The molecule has 4 aromatic rings. The molecule has 4 aromatic carbocycles. The summed E-state index contributed by atoms with van der Waals surface area (Å²) in [5, 5.41) is 3.08. The normalized spacial score (nSPS) is 12.0. The van der Waals surface area contributed by atoms with Crippen molar-refractivity contribution in [2.24, 2.45) is 0 Å². The molecule has 0 bridgehead atoms. The number of rotatable bonds is 9. The minimum Gasteiger partial charge on any atom is -0.496 e. The predicted octanol–water partition coefficient (Wildman–Crippen LogP) is 6.18. The molecular formula is C30H29BrN2O4S. The Morgan fingerprint density at radius 1 is 0.921 bits per heavy atom. The van der Waals surface area contributed by atoms with Crippen LogP contribution in [0.1, 0.15) is 28.3 Å². The molecule has 0 fully saturated rings.